The second-order valence-corrected chi connectivity index (χ2v) is 10.5. The Hall–Kier alpha value is -0.910. The van der Waals surface area contributed by atoms with Crippen LogP contribution in [0.25, 0.3) is 0 Å². The summed E-state index contributed by atoms with van der Waals surface area (Å²) < 4.78 is 6.29. The van der Waals surface area contributed by atoms with Gasteiger partial charge in [0.15, 0.2) is 0 Å². The number of amides is 1. The third-order valence-corrected chi connectivity index (χ3v) is 10.0. The first-order chi connectivity index (χ1) is 12.9. The van der Waals surface area contributed by atoms with Gasteiger partial charge in [-0.15, -0.1) is 0 Å². The molecule has 148 valence electrons. The van der Waals surface area contributed by atoms with Crippen LogP contribution in [0.1, 0.15) is 51.9 Å². The fraction of sp³-hybridized carbons (Fsp3) is 0.864. The summed E-state index contributed by atoms with van der Waals surface area (Å²) in [5.41, 5.74) is -0.0970. The van der Waals surface area contributed by atoms with Crippen LogP contribution in [-0.2, 0) is 9.53 Å². The van der Waals surface area contributed by atoms with E-state index in [9.17, 15) is 15.0 Å². The van der Waals surface area contributed by atoms with E-state index in [-0.39, 0.29) is 29.4 Å². The molecule has 4 bridgehead atoms. The van der Waals surface area contributed by atoms with Crippen molar-refractivity contribution >= 4 is 5.91 Å². The molecule has 7 fully saturated rings. The van der Waals surface area contributed by atoms with Crippen LogP contribution < -0.4 is 0 Å². The monoisotopic (exact) mass is 373 g/mol. The number of hydrogen-bond donors (Lipinski definition) is 2. The van der Waals surface area contributed by atoms with E-state index in [0.29, 0.717) is 25.5 Å². The minimum atomic E-state index is -0.624. The molecule has 2 N–H and O–H groups in total. The highest BCUT2D eigenvalue weighted by Gasteiger charge is 2.77. The molecule has 1 spiro atoms. The van der Waals surface area contributed by atoms with Gasteiger partial charge in [-0.3, -0.25) is 4.79 Å². The molecule has 7 aliphatic rings. The standard InChI is InChI=1S/C22H31NO4/c1-12-13-4-7-22(17(12)25)15(10-13)21-6-3-5-20(2,14(21)11-16(22)24)18(26)23-8-9-27-19(21)23/h13-17,19,24-25H,1,3-11H2,2H3/t13-,14?,15?,16-,17+,19?,20-,21+,22?/m1/s1. The van der Waals surface area contributed by atoms with Crippen molar-refractivity contribution in [3.05, 3.63) is 12.2 Å². The molecule has 2 aliphatic heterocycles. The maximum atomic E-state index is 13.4. The Bertz CT molecular complexity index is 738. The third kappa shape index (κ3) is 1.61. The quantitative estimate of drug-likeness (QED) is 0.638. The van der Waals surface area contributed by atoms with E-state index in [0.717, 1.165) is 44.1 Å². The van der Waals surface area contributed by atoms with Crippen LogP contribution in [0.3, 0.4) is 0 Å². The van der Waals surface area contributed by atoms with E-state index in [2.05, 4.69) is 13.5 Å². The fourth-order valence-corrected chi connectivity index (χ4v) is 8.97. The van der Waals surface area contributed by atoms with Crippen molar-refractivity contribution in [1.29, 1.82) is 0 Å². The Balaban J connectivity index is 1.58. The second kappa shape index (κ2) is 4.98. The van der Waals surface area contributed by atoms with Gasteiger partial charge in [-0.05, 0) is 61.9 Å². The molecule has 9 atom stereocenters. The first kappa shape index (κ1) is 17.0. The highest BCUT2D eigenvalue weighted by Crippen LogP contribution is 2.75. The molecule has 0 aromatic carbocycles. The minimum Gasteiger partial charge on any atom is -0.392 e. The molecule has 5 heteroatoms. The molecule has 2 saturated heterocycles. The maximum Gasteiger partial charge on any atom is 0.230 e. The van der Waals surface area contributed by atoms with Crippen molar-refractivity contribution in [2.24, 2.45) is 34.0 Å². The zero-order chi connectivity index (χ0) is 18.8. The zero-order valence-corrected chi connectivity index (χ0v) is 16.2. The number of ether oxygens (including phenoxy) is 1. The molecule has 0 radical (unpaired) electrons. The van der Waals surface area contributed by atoms with Crippen molar-refractivity contribution in [3.8, 4) is 0 Å². The average molecular weight is 373 g/mol. The Labute approximate surface area is 160 Å². The van der Waals surface area contributed by atoms with Crippen LogP contribution in [0, 0.1) is 34.0 Å². The van der Waals surface area contributed by atoms with Crippen molar-refractivity contribution < 1.29 is 19.7 Å². The molecular formula is C22H31NO4. The Morgan fingerprint density at radius 2 is 1.96 bits per heavy atom. The van der Waals surface area contributed by atoms with E-state index in [1.165, 1.54) is 0 Å². The lowest BCUT2D eigenvalue weighted by Gasteiger charge is -2.74. The normalized spacial score (nSPS) is 58.7. The minimum absolute atomic E-state index is 0.128. The van der Waals surface area contributed by atoms with Crippen LogP contribution in [0.15, 0.2) is 12.2 Å². The van der Waals surface area contributed by atoms with Gasteiger partial charge in [-0.1, -0.05) is 19.9 Å². The lowest BCUT2D eigenvalue weighted by Crippen LogP contribution is -2.77. The molecule has 5 nitrogen and oxygen atoms in total. The maximum absolute atomic E-state index is 13.4. The van der Waals surface area contributed by atoms with Crippen LogP contribution in [-0.4, -0.2) is 52.6 Å². The SMILES string of the molecule is C=C1[C@@H]2CCC3(C(C2)[C@@]24CCC[C@@](C)(C(=O)N5CCOC52)C4C[C@H]3O)[C@H]1O. The fourth-order valence-electron chi connectivity index (χ4n) is 8.97. The molecule has 5 aliphatic carbocycles. The number of fused-ring (bicyclic) bond motifs is 3. The van der Waals surface area contributed by atoms with E-state index >= 15 is 0 Å². The number of rotatable bonds is 0. The predicted molar refractivity (Wildman–Crippen MR) is 98.4 cm³/mol. The topological polar surface area (TPSA) is 70.0 Å². The number of nitrogens with zero attached hydrogens (tertiary/aromatic N) is 1. The highest BCUT2D eigenvalue weighted by molar-refractivity contribution is 5.85. The molecule has 2 heterocycles. The summed E-state index contributed by atoms with van der Waals surface area (Å²) in [5.74, 6) is 0.930. The van der Waals surface area contributed by atoms with Crippen molar-refractivity contribution in [2.45, 2.75) is 70.3 Å². The lowest BCUT2D eigenvalue weighted by molar-refractivity contribution is -0.304. The van der Waals surface area contributed by atoms with Gasteiger partial charge in [-0.25, -0.2) is 0 Å². The van der Waals surface area contributed by atoms with Crippen LogP contribution in [0.2, 0.25) is 0 Å². The summed E-state index contributed by atoms with van der Waals surface area (Å²) in [5, 5.41) is 22.7. The second-order valence-electron chi connectivity index (χ2n) is 10.5. The summed E-state index contributed by atoms with van der Waals surface area (Å²) in [7, 11) is 0. The first-order valence-electron chi connectivity index (χ1n) is 10.8. The Kier molecular flexibility index (Phi) is 3.13. The largest absolute Gasteiger partial charge is 0.392 e. The molecule has 0 aromatic rings. The number of piperidine rings is 1. The number of aliphatic hydroxyl groups excluding tert-OH is 2. The molecule has 7 rings (SSSR count). The molecule has 27 heavy (non-hydrogen) atoms. The first-order valence-corrected chi connectivity index (χ1v) is 10.8. The third-order valence-electron chi connectivity index (χ3n) is 10.0. The number of hydrogen-bond acceptors (Lipinski definition) is 4. The number of carbonyl (C=O) groups is 1. The average Bonchev–Trinajstić information content (AvgIpc) is 3.15. The van der Waals surface area contributed by atoms with Crippen LogP contribution in [0.5, 0.6) is 0 Å². The molecule has 0 aromatic heterocycles. The summed E-state index contributed by atoms with van der Waals surface area (Å²) in [6, 6.07) is 0. The van der Waals surface area contributed by atoms with Crippen molar-refractivity contribution in [1.82, 2.24) is 4.90 Å². The van der Waals surface area contributed by atoms with Crippen molar-refractivity contribution in [3.63, 3.8) is 0 Å². The van der Waals surface area contributed by atoms with Crippen LogP contribution in [0.4, 0.5) is 0 Å². The predicted octanol–water partition coefficient (Wildman–Crippen LogP) is 2.08. The number of carbonyl (C=O) groups excluding carboxylic acids is 1. The van der Waals surface area contributed by atoms with Gasteiger partial charge in [0, 0.05) is 17.4 Å². The zero-order valence-electron chi connectivity index (χ0n) is 16.2. The van der Waals surface area contributed by atoms with E-state index in [1.54, 1.807) is 0 Å². The lowest BCUT2D eigenvalue weighted by atomic mass is 9.33. The van der Waals surface area contributed by atoms with Gasteiger partial charge >= 0.3 is 0 Å². The summed E-state index contributed by atoms with van der Waals surface area (Å²) in [6.07, 6.45) is 5.13. The highest BCUT2D eigenvalue weighted by atomic mass is 16.5. The van der Waals surface area contributed by atoms with Gasteiger partial charge in [-0.2, -0.15) is 0 Å². The van der Waals surface area contributed by atoms with Gasteiger partial charge in [0.25, 0.3) is 0 Å². The molecule has 4 unspecified atom stereocenters. The van der Waals surface area contributed by atoms with E-state index < -0.39 is 23.0 Å². The summed E-state index contributed by atoms with van der Waals surface area (Å²) in [4.78, 5) is 15.5. The van der Waals surface area contributed by atoms with Gasteiger partial charge in [0.05, 0.1) is 24.2 Å². The molecule has 5 saturated carbocycles. The van der Waals surface area contributed by atoms with Crippen LogP contribution >= 0.6 is 0 Å². The van der Waals surface area contributed by atoms with E-state index in [4.69, 9.17) is 4.74 Å². The smallest absolute Gasteiger partial charge is 0.230 e. The van der Waals surface area contributed by atoms with E-state index in [1.807, 2.05) is 4.90 Å². The van der Waals surface area contributed by atoms with Crippen molar-refractivity contribution in [2.75, 3.05) is 13.2 Å². The van der Waals surface area contributed by atoms with Gasteiger partial charge in [0.1, 0.15) is 6.23 Å². The summed E-state index contributed by atoms with van der Waals surface area (Å²) in [6.45, 7) is 7.66. The Morgan fingerprint density at radius 3 is 2.78 bits per heavy atom. The Morgan fingerprint density at radius 1 is 1.15 bits per heavy atom. The summed E-state index contributed by atoms with van der Waals surface area (Å²) >= 11 is 0. The number of aliphatic hydroxyl groups is 2. The van der Waals surface area contributed by atoms with Gasteiger partial charge < -0.3 is 19.8 Å². The molecular weight excluding hydrogens is 342 g/mol. The van der Waals surface area contributed by atoms with Gasteiger partial charge in [0.2, 0.25) is 5.91 Å². The molecule has 1 amide bonds.